The quantitative estimate of drug-likeness (QED) is 0.857. The van der Waals surface area contributed by atoms with Crippen molar-refractivity contribution in [2.45, 2.75) is 19.9 Å². The zero-order valence-electron chi connectivity index (χ0n) is 11.8. The Morgan fingerprint density at radius 2 is 2.11 bits per heavy atom. The van der Waals surface area contributed by atoms with Crippen molar-refractivity contribution < 1.29 is 14.3 Å². The van der Waals surface area contributed by atoms with Gasteiger partial charge in [0.05, 0.1) is 0 Å². The Morgan fingerprint density at radius 3 is 2.68 bits per heavy atom. The van der Waals surface area contributed by atoms with E-state index in [1.807, 2.05) is 25.8 Å². The first-order valence-corrected chi connectivity index (χ1v) is 6.27. The first-order chi connectivity index (χ1) is 8.86. The lowest BCUT2D eigenvalue weighted by molar-refractivity contribution is -0.124. The highest BCUT2D eigenvalue weighted by Crippen LogP contribution is 2.28. The third kappa shape index (κ3) is 3.92. The molecule has 2 atom stereocenters. The van der Waals surface area contributed by atoms with Crippen LogP contribution in [0.2, 0.25) is 0 Å². The van der Waals surface area contributed by atoms with Gasteiger partial charge in [-0.25, -0.2) is 4.39 Å². The third-order valence-electron chi connectivity index (χ3n) is 3.36. The highest BCUT2D eigenvalue weighted by atomic mass is 19.1. The average molecular weight is 268 g/mol. The third-order valence-corrected chi connectivity index (χ3v) is 3.36. The Morgan fingerprint density at radius 1 is 1.47 bits per heavy atom. The Hall–Kier alpha value is -1.62. The molecule has 0 bridgehead atoms. The number of phenolic OH excluding ortho intramolecular Hbond substituents is 1. The van der Waals surface area contributed by atoms with Gasteiger partial charge in [0.1, 0.15) is 11.6 Å². The highest BCUT2D eigenvalue weighted by Gasteiger charge is 2.20. The van der Waals surface area contributed by atoms with E-state index >= 15 is 0 Å². The Bertz CT molecular complexity index is 451. The second-order valence-corrected chi connectivity index (χ2v) is 4.83. The molecule has 0 saturated heterocycles. The molecule has 2 N–H and O–H groups in total. The minimum absolute atomic E-state index is 0.0393. The van der Waals surface area contributed by atoms with Gasteiger partial charge in [0.25, 0.3) is 0 Å². The van der Waals surface area contributed by atoms with Crippen LogP contribution in [0.5, 0.6) is 5.75 Å². The number of nitrogens with one attached hydrogen (secondary N) is 1. The number of hydrogen-bond acceptors (Lipinski definition) is 3. The molecular weight excluding hydrogens is 247 g/mol. The van der Waals surface area contributed by atoms with Crippen LogP contribution in [-0.4, -0.2) is 36.6 Å². The van der Waals surface area contributed by atoms with E-state index in [4.69, 9.17) is 0 Å². The van der Waals surface area contributed by atoms with Gasteiger partial charge in [-0.15, -0.1) is 0 Å². The molecule has 4 nitrogen and oxygen atoms in total. The number of aromatic hydroxyl groups is 1. The standard InChI is InChI=1S/C14H21FN2O2/c1-9(14(19)16-3)8-17(4)10(2)12-7-11(15)5-6-13(12)18/h5-7,9-10,18H,8H2,1-4H3,(H,16,19). The lowest BCUT2D eigenvalue weighted by Crippen LogP contribution is -2.35. The zero-order chi connectivity index (χ0) is 14.6. The first kappa shape index (κ1) is 15.4. The van der Waals surface area contributed by atoms with E-state index in [1.54, 1.807) is 7.05 Å². The fourth-order valence-corrected chi connectivity index (χ4v) is 2.02. The SMILES string of the molecule is CNC(=O)C(C)CN(C)C(C)c1cc(F)ccc1O. The van der Waals surface area contributed by atoms with E-state index in [0.717, 1.165) is 0 Å². The Labute approximate surface area is 113 Å². The molecule has 1 amide bonds. The molecular formula is C14H21FN2O2. The lowest BCUT2D eigenvalue weighted by atomic mass is 10.0. The van der Waals surface area contributed by atoms with Gasteiger partial charge in [0.15, 0.2) is 0 Å². The fraction of sp³-hybridized carbons (Fsp3) is 0.500. The van der Waals surface area contributed by atoms with Crippen LogP contribution in [0, 0.1) is 11.7 Å². The Balaban J connectivity index is 2.79. The topological polar surface area (TPSA) is 52.6 Å². The summed E-state index contributed by atoms with van der Waals surface area (Å²) >= 11 is 0. The second-order valence-electron chi connectivity index (χ2n) is 4.83. The number of phenols is 1. The summed E-state index contributed by atoms with van der Waals surface area (Å²) in [6.07, 6.45) is 0. The average Bonchev–Trinajstić information content (AvgIpc) is 2.39. The van der Waals surface area contributed by atoms with E-state index in [0.29, 0.717) is 12.1 Å². The molecule has 1 aromatic carbocycles. The van der Waals surface area contributed by atoms with Crippen LogP contribution in [0.15, 0.2) is 18.2 Å². The van der Waals surface area contributed by atoms with Gasteiger partial charge >= 0.3 is 0 Å². The summed E-state index contributed by atoms with van der Waals surface area (Å²) in [5, 5.41) is 12.4. The van der Waals surface area contributed by atoms with Crippen LogP contribution >= 0.6 is 0 Å². The molecule has 1 rings (SSSR count). The molecule has 0 aliphatic heterocycles. The van der Waals surface area contributed by atoms with E-state index in [-0.39, 0.29) is 29.4 Å². The van der Waals surface area contributed by atoms with Crippen LogP contribution in [0.4, 0.5) is 4.39 Å². The molecule has 0 aliphatic carbocycles. The van der Waals surface area contributed by atoms with Crippen LogP contribution < -0.4 is 5.32 Å². The second kappa shape index (κ2) is 6.52. The van der Waals surface area contributed by atoms with Gasteiger partial charge in [0, 0.05) is 31.1 Å². The molecule has 0 aromatic heterocycles. The van der Waals surface area contributed by atoms with Crippen molar-refractivity contribution >= 4 is 5.91 Å². The predicted molar refractivity (Wildman–Crippen MR) is 72.3 cm³/mol. The summed E-state index contributed by atoms with van der Waals surface area (Å²) in [7, 11) is 3.44. The number of carbonyl (C=O) groups excluding carboxylic acids is 1. The fourth-order valence-electron chi connectivity index (χ4n) is 2.02. The number of carbonyl (C=O) groups is 1. The molecule has 2 unspecified atom stereocenters. The number of nitrogens with zero attached hydrogens (tertiary/aromatic N) is 1. The number of halogens is 1. The summed E-state index contributed by atoms with van der Waals surface area (Å²) in [6, 6.07) is 3.71. The van der Waals surface area contributed by atoms with E-state index < -0.39 is 0 Å². The molecule has 0 radical (unpaired) electrons. The van der Waals surface area contributed by atoms with Gasteiger partial charge in [-0.2, -0.15) is 0 Å². The predicted octanol–water partition coefficient (Wildman–Crippen LogP) is 1.91. The van der Waals surface area contributed by atoms with Gasteiger partial charge in [0.2, 0.25) is 5.91 Å². The van der Waals surface area contributed by atoms with Crippen LogP contribution in [0.3, 0.4) is 0 Å². The Kier molecular flexibility index (Phi) is 5.30. The van der Waals surface area contributed by atoms with E-state index in [1.165, 1.54) is 18.2 Å². The van der Waals surface area contributed by atoms with E-state index in [2.05, 4.69) is 5.32 Å². The van der Waals surface area contributed by atoms with Gasteiger partial charge in [-0.1, -0.05) is 6.92 Å². The van der Waals surface area contributed by atoms with Crippen molar-refractivity contribution in [3.63, 3.8) is 0 Å². The van der Waals surface area contributed by atoms with Gasteiger partial charge in [-0.3, -0.25) is 9.69 Å². The smallest absolute Gasteiger partial charge is 0.223 e. The normalized spacial score (nSPS) is 14.2. The molecule has 1 aromatic rings. The molecule has 0 aliphatic rings. The van der Waals surface area contributed by atoms with Crippen molar-refractivity contribution in [3.05, 3.63) is 29.6 Å². The highest BCUT2D eigenvalue weighted by molar-refractivity contribution is 5.78. The van der Waals surface area contributed by atoms with Crippen molar-refractivity contribution in [2.75, 3.05) is 20.6 Å². The van der Waals surface area contributed by atoms with Gasteiger partial charge < -0.3 is 10.4 Å². The molecule has 5 heteroatoms. The summed E-state index contributed by atoms with van der Waals surface area (Å²) in [6.45, 7) is 4.22. The molecule has 0 spiro atoms. The minimum Gasteiger partial charge on any atom is -0.508 e. The largest absolute Gasteiger partial charge is 0.508 e. The maximum absolute atomic E-state index is 13.2. The van der Waals surface area contributed by atoms with Gasteiger partial charge in [-0.05, 0) is 32.2 Å². The number of hydrogen-bond donors (Lipinski definition) is 2. The molecule has 106 valence electrons. The maximum atomic E-state index is 13.2. The lowest BCUT2D eigenvalue weighted by Gasteiger charge is -2.27. The molecule has 0 fully saturated rings. The molecule has 0 heterocycles. The van der Waals surface area contributed by atoms with Crippen LogP contribution in [0.25, 0.3) is 0 Å². The first-order valence-electron chi connectivity index (χ1n) is 6.27. The van der Waals surface area contributed by atoms with Crippen LogP contribution in [-0.2, 0) is 4.79 Å². The maximum Gasteiger partial charge on any atom is 0.223 e. The van der Waals surface area contributed by atoms with Crippen molar-refractivity contribution in [2.24, 2.45) is 5.92 Å². The molecule has 19 heavy (non-hydrogen) atoms. The van der Waals surface area contributed by atoms with Crippen molar-refractivity contribution in [3.8, 4) is 5.75 Å². The van der Waals surface area contributed by atoms with E-state index in [9.17, 15) is 14.3 Å². The summed E-state index contributed by atoms with van der Waals surface area (Å²) in [5.74, 6) is -0.531. The summed E-state index contributed by atoms with van der Waals surface area (Å²) in [5.41, 5.74) is 0.520. The zero-order valence-corrected chi connectivity index (χ0v) is 11.8. The summed E-state index contributed by atoms with van der Waals surface area (Å²) < 4.78 is 13.2. The number of amides is 1. The number of benzene rings is 1. The number of rotatable bonds is 5. The summed E-state index contributed by atoms with van der Waals surface area (Å²) in [4.78, 5) is 13.4. The van der Waals surface area contributed by atoms with Crippen molar-refractivity contribution in [1.82, 2.24) is 10.2 Å². The molecule has 0 saturated carbocycles. The van der Waals surface area contributed by atoms with Crippen LogP contribution in [0.1, 0.15) is 25.5 Å². The minimum atomic E-state index is -0.382. The monoisotopic (exact) mass is 268 g/mol. The van der Waals surface area contributed by atoms with Crippen molar-refractivity contribution in [1.29, 1.82) is 0 Å².